The van der Waals surface area contributed by atoms with Crippen LogP contribution in [-0.2, 0) is 9.53 Å². The predicted molar refractivity (Wildman–Crippen MR) is 118 cm³/mol. The standard InChI is InChI=1S/C22H23N3O3S/c1-2-28-19-9-7-18(8-10-19)25-21(26)20(23-22(25)29)15-16-3-5-17(6-4-16)24-11-13-27-14-12-24/h3-10,15H,2,11-14H2,1H3,(H,23,29). The van der Waals surface area contributed by atoms with E-state index in [0.29, 0.717) is 23.1 Å². The van der Waals surface area contributed by atoms with Crippen LogP contribution >= 0.6 is 12.2 Å². The van der Waals surface area contributed by atoms with E-state index in [1.165, 1.54) is 4.90 Å². The first-order valence-corrected chi connectivity index (χ1v) is 10.1. The Balaban J connectivity index is 1.49. The molecule has 2 aliphatic rings. The minimum absolute atomic E-state index is 0.170. The lowest BCUT2D eigenvalue weighted by atomic mass is 10.1. The van der Waals surface area contributed by atoms with Crippen LogP contribution in [0.25, 0.3) is 6.08 Å². The maximum absolute atomic E-state index is 12.9. The zero-order valence-corrected chi connectivity index (χ0v) is 17.1. The lowest BCUT2D eigenvalue weighted by molar-refractivity contribution is -0.113. The first-order chi connectivity index (χ1) is 14.2. The van der Waals surface area contributed by atoms with Gasteiger partial charge in [0.2, 0.25) is 0 Å². The number of nitrogens with zero attached hydrogens (tertiary/aromatic N) is 2. The van der Waals surface area contributed by atoms with Crippen LogP contribution in [0.15, 0.2) is 54.2 Å². The van der Waals surface area contributed by atoms with Crippen LogP contribution in [0.3, 0.4) is 0 Å². The number of nitrogens with one attached hydrogen (secondary N) is 1. The molecule has 7 heteroatoms. The van der Waals surface area contributed by atoms with Crippen molar-refractivity contribution in [3.05, 3.63) is 59.8 Å². The van der Waals surface area contributed by atoms with Crippen molar-refractivity contribution in [3.8, 4) is 5.75 Å². The molecule has 0 spiro atoms. The van der Waals surface area contributed by atoms with Gasteiger partial charge in [0.1, 0.15) is 11.4 Å². The zero-order valence-electron chi connectivity index (χ0n) is 16.3. The van der Waals surface area contributed by atoms with Gasteiger partial charge in [0.05, 0.1) is 25.5 Å². The van der Waals surface area contributed by atoms with Crippen LogP contribution in [0.2, 0.25) is 0 Å². The number of benzene rings is 2. The van der Waals surface area contributed by atoms with Crippen molar-refractivity contribution in [1.29, 1.82) is 0 Å². The monoisotopic (exact) mass is 409 g/mol. The molecule has 0 aromatic heterocycles. The number of carbonyl (C=O) groups excluding carboxylic acids is 1. The Labute approximate surface area is 175 Å². The van der Waals surface area contributed by atoms with Gasteiger partial charge in [-0.3, -0.25) is 9.69 Å². The van der Waals surface area contributed by atoms with Gasteiger partial charge in [-0.05, 0) is 67.2 Å². The molecule has 150 valence electrons. The number of hydrogen-bond donors (Lipinski definition) is 1. The topological polar surface area (TPSA) is 54.0 Å². The van der Waals surface area contributed by atoms with E-state index in [9.17, 15) is 4.79 Å². The van der Waals surface area contributed by atoms with Crippen molar-refractivity contribution in [1.82, 2.24) is 5.32 Å². The molecule has 2 aromatic rings. The molecule has 6 nitrogen and oxygen atoms in total. The molecule has 2 aliphatic heterocycles. The Kier molecular flexibility index (Phi) is 5.78. The zero-order chi connectivity index (χ0) is 20.2. The highest BCUT2D eigenvalue weighted by atomic mass is 32.1. The van der Waals surface area contributed by atoms with Crippen LogP contribution in [-0.4, -0.2) is 43.9 Å². The van der Waals surface area contributed by atoms with Crippen molar-refractivity contribution in [2.24, 2.45) is 0 Å². The van der Waals surface area contributed by atoms with Gasteiger partial charge in [-0.2, -0.15) is 0 Å². The van der Waals surface area contributed by atoms with Gasteiger partial charge >= 0.3 is 0 Å². The Hall–Kier alpha value is -2.90. The highest BCUT2D eigenvalue weighted by Gasteiger charge is 2.31. The molecule has 4 rings (SSSR count). The van der Waals surface area contributed by atoms with Gasteiger partial charge in [-0.15, -0.1) is 0 Å². The van der Waals surface area contributed by atoms with Gasteiger partial charge in [-0.1, -0.05) is 12.1 Å². The third-order valence-corrected chi connectivity index (χ3v) is 5.15. The molecule has 0 aliphatic carbocycles. The first-order valence-electron chi connectivity index (χ1n) is 9.68. The third kappa shape index (κ3) is 4.26. The average molecular weight is 410 g/mol. The van der Waals surface area contributed by atoms with E-state index in [1.54, 1.807) is 0 Å². The maximum atomic E-state index is 12.9. The molecule has 2 saturated heterocycles. The number of thiocarbonyl (C=S) groups is 1. The fourth-order valence-corrected chi connectivity index (χ4v) is 3.70. The van der Waals surface area contributed by atoms with Gasteiger partial charge in [0.25, 0.3) is 5.91 Å². The summed E-state index contributed by atoms with van der Waals surface area (Å²) in [5, 5.41) is 3.40. The summed E-state index contributed by atoms with van der Waals surface area (Å²) >= 11 is 5.39. The van der Waals surface area contributed by atoms with E-state index in [0.717, 1.165) is 43.3 Å². The molecule has 1 N–H and O–H groups in total. The summed E-state index contributed by atoms with van der Waals surface area (Å²) in [6.07, 6.45) is 1.83. The molecular weight excluding hydrogens is 386 g/mol. The van der Waals surface area contributed by atoms with E-state index in [-0.39, 0.29) is 5.91 Å². The number of anilines is 2. The second kappa shape index (κ2) is 8.63. The van der Waals surface area contributed by atoms with Crippen LogP contribution in [0.4, 0.5) is 11.4 Å². The Bertz CT molecular complexity index is 919. The number of rotatable bonds is 5. The summed E-state index contributed by atoms with van der Waals surface area (Å²) < 4.78 is 10.9. The summed E-state index contributed by atoms with van der Waals surface area (Å²) in [5.74, 6) is 0.592. The molecule has 0 bridgehead atoms. The summed E-state index contributed by atoms with van der Waals surface area (Å²) in [6, 6.07) is 15.5. The molecule has 0 radical (unpaired) electrons. The van der Waals surface area contributed by atoms with Gasteiger partial charge in [-0.25, -0.2) is 0 Å². The van der Waals surface area contributed by atoms with Crippen LogP contribution in [0.5, 0.6) is 5.75 Å². The molecule has 0 unspecified atom stereocenters. The fourth-order valence-electron chi connectivity index (χ4n) is 3.40. The largest absolute Gasteiger partial charge is 0.494 e. The van der Waals surface area contributed by atoms with E-state index < -0.39 is 0 Å². The van der Waals surface area contributed by atoms with E-state index in [2.05, 4.69) is 22.3 Å². The fraction of sp³-hybridized carbons (Fsp3) is 0.273. The van der Waals surface area contributed by atoms with Crippen molar-refractivity contribution < 1.29 is 14.3 Å². The Morgan fingerprint density at radius 2 is 1.72 bits per heavy atom. The van der Waals surface area contributed by atoms with E-state index >= 15 is 0 Å². The normalized spacial score (nSPS) is 18.3. The second-order valence-electron chi connectivity index (χ2n) is 6.75. The lowest BCUT2D eigenvalue weighted by Crippen LogP contribution is -2.36. The molecule has 29 heavy (non-hydrogen) atoms. The highest BCUT2D eigenvalue weighted by Crippen LogP contribution is 2.25. The van der Waals surface area contributed by atoms with Crippen molar-refractivity contribution in [3.63, 3.8) is 0 Å². The molecule has 1 amide bonds. The van der Waals surface area contributed by atoms with Gasteiger partial charge in [0.15, 0.2) is 5.11 Å². The first kappa shape index (κ1) is 19.4. The maximum Gasteiger partial charge on any atom is 0.281 e. The summed E-state index contributed by atoms with van der Waals surface area (Å²) in [7, 11) is 0. The Morgan fingerprint density at radius 3 is 2.38 bits per heavy atom. The molecule has 0 atom stereocenters. The molecule has 0 saturated carbocycles. The smallest absolute Gasteiger partial charge is 0.281 e. The van der Waals surface area contributed by atoms with Crippen molar-refractivity contribution in [2.45, 2.75) is 6.92 Å². The van der Waals surface area contributed by atoms with E-state index in [4.69, 9.17) is 21.7 Å². The van der Waals surface area contributed by atoms with Gasteiger partial charge in [0, 0.05) is 18.8 Å². The quantitative estimate of drug-likeness (QED) is 0.605. The molecule has 2 aromatic carbocycles. The number of amides is 1. The lowest BCUT2D eigenvalue weighted by Gasteiger charge is -2.28. The summed E-state index contributed by atoms with van der Waals surface area (Å²) in [5.41, 5.74) is 3.27. The number of morpholine rings is 1. The SMILES string of the molecule is CCOc1ccc(N2C(=O)C(=Cc3ccc(N4CCOCC4)cc3)NC2=S)cc1. The molecule has 2 heterocycles. The van der Waals surface area contributed by atoms with Gasteiger partial charge < -0.3 is 19.7 Å². The van der Waals surface area contributed by atoms with E-state index in [1.807, 2.05) is 49.4 Å². The summed E-state index contributed by atoms with van der Waals surface area (Å²) in [6.45, 7) is 5.82. The number of ether oxygens (including phenoxy) is 2. The predicted octanol–water partition coefficient (Wildman–Crippen LogP) is 3.18. The number of carbonyl (C=O) groups is 1. The van der Waals surface area contributed by atoms with Crippen LogP contribution < -0.4 is 19.9 Å². The molecular formula is C22H23N3O3S. The summed E-state index contributed by atoms with van der Waals surface area (Å²) in [4.78, 5) is 16.7. The highest BCUT2D eigenvalue weighted by molar-refractivity contribution is 7.80. The minimum Gasteiger partial charge on any atom is -0.494 e. The average Bonchev–Trinajstić information content (AvgIpc) is 3.03. The second-order valence-corrected chi connectivity index (χ2v) is 7.13. The minimum atomic E-state index is -0.170. The van der Waals surface area contributed by atoms with Crippen molar-refractivity contribution in [2.75, 3.05) is 42.7 Å². The third-order valence-electron chi connectivity index (χ3n) is 4.86. The van der Waals surface area contributed by atoms with Crippen molar-refractivity contribution >= 4 is 40.7 Å². The molecule has 2 fully saturated rings. The van der Waals surface area contributed by atoms with Crippen LogP contribution in [0.1, 0.15) is 12.5 Å². The Morgan fingerprint density at radius 1 is 1.07 bits per heavy atom. The van der Waals surface area contributed by atoms with Crippen LogP contribution in [0, 0.1) is 0 Å². The number of hydrogen-bond acceptors (Lipinski definition) is 5.